The van der Waals surface area contributed by atoms with Crippen LogP contribution in [0, 0.1) is 11.8 Å². The minimum absolute atomic E-state index is 0.107. The Hall–Kier alpha value is -0.290. The molecule has 0 bridgehead atoms. The SMILES string of the molecule is CC1CC(C)CC(NCC(O)C(F)(F)F)C1. The molecule has 0 radical (unpaired) electrons. The van der Waals surface area contributed by atoms with Crippen molar-refractivity contribution in [1.29, 1.82) is 0 Å². The monoisotopic (exact) mass is 239 g/mol. The van der Waals surface area contributed by atoms with E-state index < -0.39 is 18.8 Å². The molecule has 0 aromatic heterocycles. The third kappa shape index (κ3) is 4.29. The molecule has 3 atom stereocenters. The molecule has 2 nitrogen and oxygen atoms in total. The second-order valence-corrected chi connectivity index (χ2v) is 5.08. The summed E-state index contributed by atoms with van der Waals surface area (Å²) in [5.74, 6) is 1.09. The maximum atomic E-state index is 12.1. The summed E-state index contributed by atoms with van der Waals surface area (Å²) in [5, 5.41) is 11.7. The standard InChI is InChI=1S/C11H20F3NO/c1-7-3-8(2)5-9(4-7)15-6-10(16)11(12,13)14/h7-10,15-16H,3-6H2,1-2H3. The lowest BCUT2D eigenvalue weighted by molar-refractivity contribution is -0.202. The van der Waals surface area contributed by atoms with Crippen LogP contribution in [0.1, 0.15) is 33.1 Å². The zero-order chi connectivity index (χ0) is 12.3. The van der Waals surface area contributed by atoms with E-state index in [1.54, 1.807) is 0 Å². The van der Waals surface area contributed by atoms with Crippen LogP contribution in [0.15, 0.2) is 0 Å². The van der Waals surface area contributed by atoms with E-state index in [2.05, 4.69) is 19.2 Å². The van der Waals surface area contributed by atoms with Gasteiger partial charge in [-0.3, -0.25) is 0 Å². The van der Waals surface area contributed by atoms with Crippen molar-refractivity contribution in [3.05, 3.63) is 0 Å². The van der Waals surface area contributed by atoms with E-state index in [-0.39, 0.29) is 6.04 Å². The largest absolute Gasteiger partial charge is 0.415 e. The normalized spacial score (nSPS) is 33.8. The molecule has 1 saturated carbocycles. The van der Waals surface area contributed by atoms with Gasteiger partial charge in [0.2, 0.25) is 0 Å². The van der Waals surface area contributed by atoms with Crippen LogP contribution >= 0.6 is 0 Å². The van der Waals surface area contributed by atoms with Gasteiger partial charge in [-0.15, -0.1) is 0 Å². The van der Waals surface area contributed by atoms with E-state index >= 15 is 0 Å². The van der Waals surface area contributed by atoms with Crippen LogP contribution in [0.3, 0.4) is 0 Å². The summed E-state index contributed by atoms with van der Waals surface area (Å²) in [6.45, 7) is 3.84. The van der Waals surface area contributed by atoms with Crippen LogP contribution in [-0.4, -0.2) is 30.0 Å². The van der Waals surface area contributed by atoms with Gasteiger partial charge in [0.1, 0.15) is 0 Å². The van der Waals surface area contributed by atoms with Crippen LogP contribution < -0.4 is 5.32 Å². The fourth-order valence-electron chi connectivity index (χ4n) is 2.51. The van der Waals surface area contributed by atoms with E-state index in [1.807, 2.05) is 0 Å². The third-order valence-corrected chi connectivity index (χ3v) is 3.16. The van der Waals surface area contributed by atoms with Gasteiger partial charge >= 0.3 is 6.18 Å². The van der Waals surface area contributed by atoms with Gasteiger partial charge in [-0.2, -0.15) is 13.2 Å². The number of aliphatic hydroxyl groups excluding tert-OH is 1. The first-order valence-corrected chi connectivity index (χ1v) is 5.77. The van der Waals surface area contributed by atoms with Gasteiger partial charge < -0.3 is 10.4 Å². The Balaban J connectivity index is 2.32. The van der Waals surface area contributed by atoms with Crippen molar-refractivity contribution in [2.45, 2.75) is 51.4 Å². The predicted octanol–water partition coefficient (Wildman–Crippen LogP) is 2.32. The molecule has 0 amide bonds. The molecule has 0 heterocycles. The van der Waals surface area contributed by atoms with Gasteiger partial charge in [-0.05, 0) is 31.1 Å². The zero-order valence-corrected chi connectivity index (χ0v) is 9.72. The van der Waals surface area contributed by atoms with E-state index in [0.717, 1.165) is 19.3 Å². The van der Waals surface area contributed by atoms with Gasteiger partial charge in [0.25, 0.3) is 0 Å². The van der Waals surface area contributed by atoms with E-state index in [4.69, 9.17) is 5.11 Å². The summed E-state index contributed by atoms with van der Waals surface area (Å²) >= 11 is 0. The van der Waals surface area contributed by atoms with E-state index in [1.165, 1.54) is 0 Å². The Bertz CT molecular complexity index is 210. The fourth-order valence-corrected chi connectivity index (χ4v) is 2.51. The molecule has 0 aromatic carbocycles. The molecule has 0 spiro atoms. The molecule has 1 aliphatic carbocycles. The van der Waals surface area contributed by atoms with E-state index in [9.17, 15) is 13.2 Å². The highest BCUT2D eigenvalue weighted by Crippen LogP contribution is 2.28. The number of alkyl halides is 3. The van der Waals surface area contributed by atoms with Gasteiger partial charge in [-0.25, -0.2) is 0 Å². The third-order valence-electron chi connectivity index (χ3n) is 3.16. The predicted molar refractivity (Wildman–Crippen MR) is 56.0 cm³/mol. The molecular formula is C11H20F3NO. The maximum absolute atomic E-state index is 12.1. The first-order chi connectivity index (χ1) is 7.29. The first-order valence-electron chi connectivity index (χ1n) is 5.77. The smallest absolute Gasteiger partial charge is 0.382 e. The molecule has 1 fully saturated rings. The van der Waals surface area contributed by atoms with Crippen molar-refractivity contribution >= 4 is 0 Å². The van der Waals surface area contributed by atoms with Crippen LogP contribution in [0.5, 0.6) is 0 Å². The topological polar surface area (TPSA) is 32.3 Å². The summed E-state index contributed by atoms with van der Waals surface area (Å²) in [4.78, 5) is 0. The van der Waals surface area contributed by atoms with Crippen LogP contribution in [-0.2, 0) is 0 Å². The summed E-state index contributed by atoms with van der Waals surface area (Å²) in [7, 11) is 0. The number of halogens is 3. The number of nitrogens with one attached hydrogen (secondary N) is 1. The zero-order valence-electron chi connectivity index (χ0n) is 9.72. The maximum Gasteiger partial charge on any atom is 0.415 e. The Morgan fingerprint density at radius 2 is 1.69 bits per heavy atom. The highest BCUT2D eigenvalue weighted by Gasteiger charge is 2.38. The highest BCUT2D eigenvalue weighted by atomic mass is 19.4. The molecule has 96 valence electrons. The fraction of sp³-hybridized carbons (Fsp3) is 1.00. The van der Waals surface area contributed by atoms with Crippen LogP contribution in [0.25, 0.3) is 0 Å². The summed E-state index contributed by atoms with van der Waals surface area (Å²) < 4.78 is 36.2. The molecule has 2 N–H and O–H groups in total. The molecule has 0 aliphatic heterocycles. The Morgan fingerprint density at radius 3 is 2.12 bits per heavy atom. The average Bonchev–Trinajstić information content (AvgIpc) is 2.11. The Kier molecular flexibility index (Phi) is 4.62. The molecule has 5 heteroatoms. The molecule has 1 rings (SSSR count). The van der Waals surface area contributed by atoms with Crippen molar-refractivity contribution in [3.63, 3.8) is 0 Å². The van der Waals surface area contributed by atoms with Gasteiger partial charge in [0, 0.05) is 12.6 Å². The molecule has 16 heavy (non-hydrogen) atoms. The van der Waals surface area contributed by atoms with Crippen molar-refractivity contribution in [2.24, 2.45) is 11.8 Å². The minimum Gasteiger partial charge on any atom is -0.382 e. The van der Waals surface area contributed by atoms with Crippen LogP contribution in [0.2, 0.25) is 0 Å². The quantitative estimate of drug-likeness (QED) is 0.792. The molecule has 3 unspecified atom stereocenters. The first kappa shape index (κ1) is 13.8. The Labute approximate surface area is 94.2 Å². The lowest BCUT2D eigenvalue weighted by Gasteiger charge is -2.32. The molecular weight excluding hydrogens is 219 g/mol. The number of rotatable bonds is 3. The van der Waals surface area contributed by atoms with Crippen molar-refractivity contribution in [2.75, 3.05) is 6.54 Å². The second kappa shape index (κ2) is 5.36. The van der Waals surface area contributed by atoms with E-state index in [0.29, 0.717) is 11.8 Å². The number of hydrogen-bond donors (Lipinski definition) is 2. The van der Waals surface area contributed by atoms with Crippen molar-refractivity contribution in [1.82, 2.24) is 5.32 Å². The second-order valence-electron chi connectivity index (χ2n) is 5.08. The minimum atomic E-state index is -4.51. The van der Waals surface area contributed by atoms with Crippen molar-refractivity contribution < 1.29 is 18.3 Å². The van der Waals surface area contributed by atoms with Gasteiger partial charge in [0.05, 0.1) is 0 Å². The number of aliphatic hydroxyl groups is 1. The lowest BCUT2D eigenvalue weighted by atomic mass is 9.80. The average molecular weight is 239 g/mol. The Morgan fingerprint density at radius 1 is 1.19 bits per heavy atom. The summed E-state index contributed by atoms with van der Waals surface area (Å²) in [6, 6.07) is 0.107. The molecule has 0 saturated heterocycles. The van der Waals surface area contributed by atoms with Gasteiger partial charge in [-0.1, -0.05) is 13.8 Å². The molecule has 0 aromatic rings. The summed E-state index contributed by atoms with van der Waals surface area (Å²) in [5.41, 5.74) is 0. The number of hydrogen-bond acceptors (Lipinski definition) is 2. The highest BCUT2D eigenvalue weighted by molar-refractivity contribution is 4.81. The van der Waals surface area contributed by atoms with Gasteiger partial charge in [0.15, 0.2) is 6.10 Å². The summed E-state index contributed by atoms with van der Waals surface area (Å²) in [6.07, 6.45) is -3.83. The lowest BCUT2D eigenvalue weighted by Crippen LogP contribution is -2.44. The van der Waals surface area contributed by atoms with Crippen LogP contribution in [0.4, 0.5) is 13.2 Å². The van der Waals surface area contributed by atoms with Crippen molar-refractivity contribution in [3.8, 4) is 0 Å². The molecule has 1 aliphatic rings.